The van der Waals surface area contributed by atoms with Crippen molar-refractivity contribution in [2.75, 3.05) is 39.4 Å². The SMILES string of the molecule is CCNC(=NCCOCC)N1CCC(Cc2ccccc2)CC1. The van der Waals surface area contributed by atoms with E-state index in [9.17, 15) is 0 Å². The number of benzene rings is 1. The summed E-state index contributed by atoms with van der Waals surface area (Å²) in [7, 11) is 0. The highest BCUT2D eigenvalue weighted by Gasteiger charge is 2.21. The number of ether oxygens (including phenoxy) is 1. The van der Waals surface area contributed by atoms with E-state index in [2.05, 4.69) is 47.5 Å². The van der Waals surface area contributed by atoms with Crippen LogP contribution in [0.4, 0.5) is 0 Å². The normalized spacial score (nSPS) is 16.6. The van der Waals surface area contributed by atoms with Gasteiger partial charge in [0, 0.05) is 26.2 Å². The molecule has 0 aromatic heterocycles. The van der Waals surface area contributed by atoms with Crippen LogP contribution in [0, 0.1) is 5.92 Å². The summed E-state index contributed by atoms with van der Waals surface area (Å²) in [5.74, 6) is 1.84. The number of hydrogen-bond donors (Lipinski definition) is 1. The molecule has 1 aliphatic heterocycles. The first-order chi connectivity index (χ1) is 11.3. The Hall–Kier alpha value is -1.55. The van der Waals surface area contributed by atoms with Crippen LogP contribution < -0.4 is 5.32 Å². The van der Waals surface area contributed by atoms with Crippen LogP contribution in [0.2, 0.25) is 0 Å². The standard InChI is InChI=1S/C19H31N3O/c1-3-20-19(21-12-15-23-4-2)22-13-10-18(11-14-22)16-17-8-6-5-7-9-17/h5-9,18H,3-4,10-16H2,1-2H3,(H,20,21). The lowest BCUT2D eigenvalue weighted by Gasteiger charge is -2.34. The van der Waals surface area contributed by atoms with Gasteiger partial charge < -0.3 is 15.0 Å². The Bertz CT molecular complexity index is 453. The molecule has 0 spiro atoms. The van der Waals surface area contributed by atoms with E-state index >= 15 is 0 Å². The highest BCUT2D eigenvalue weighted by atomic mass is 16.5. The lowest BCUT2D eigenvalue weighted by molar-refractivity contribution is 0.155. The van der Waals surface area contributed by atoms with Crippen molar-refractivity contribution in [1.29, 1.82) is 0 Å². The summed E-state index contributed by atoms with van der Waals surface area (Å²) < 4.78 is 5.38. The first-order valence-corrected chi connectivity index (χ1v) is 8.98. The average molecular weight is 317 g/mol. The third kappa shape index (κ3) is 6.22. The highest BCUT2D eigenvalue weighted by Crippen LogP contribution is 2.21. The largest absolute Gasteiger partial charge is 0.380 e. The molecule has 0 saturated carbocycles. The third-order valence-corrected chi connectivity index (χ3v) is 4.32. The second kappa shape index (κ2) is 10.3. The molecule has 0 bridgehead atoms. The van der Waals surface area contributed by atoms with Gasteiger partial charge in [0.1, 0.15) is 0 Å². The molecule has 128 valence electrons. The predicted octanol–water partition coefficient (Wildman–Crippen LogP) is 2.94. The zero-order valence-corrected chi connectivity index (χ0v) is 14.6. The second-order valence-corrected chi connectivity index (χ2v) is 6.05. The molecule has 1 saturated heterocycles. The lowest BCUT2D eigenvalue weighted by Crippen LogP contribution is -2.46. The van der Waals surface area contributed by atoms with Gasteiger partial charge in [-0.25, -0.2) is 0 Å². The molecule has 4 nitrogen and oxygen atoms in total. The van der Waals surface area contributed by atoms with Crippen molar-refractivity contribution >= 4 is 5.96 Å². The first kappa shape index (κ1) is 17.8. The Morgan fingerprint density at radius 3 is 2.61 bits per heavy atom. The van der Waals surface area contributed by atoms with E-state index in [4.69, 9.17) is 9.73 Å². The van der Waals surface area contributed by atoms with E-state index in [1.165, 1.54) is 24.8 Å². The number of hydrogen-bond acceptors (Lipinski definition) is 2. The highest BCUT2D eigenvalue weighted by molar-refractivity contribution is 5.80. The minimum Gasteiger partial charge on any atom is -0.380 e. The summed E-state index contributed by atoms with van der Waals surface area (Å²) >= 11 is 0. The van der Waals surface area contributed by atoms with Crippen LogP contribution in [0.3, 0.4) is 0 Å². The van der Waals surface area contributed by atoms with Crippen molar-refractivity contribution < 1.29 is 4.74 Å². The Labute approximate surface area is 140 Å². The van der Waals surface area contributed by atoms with Crippen molar-refractivity contribution in [2.45, 2.75) is 33.1 Å². The van der Waals surface area contributed by atoms with Gasteiger partial charge in [0.15, 0.2) is 5.96 Å². The van der Waals surface area contributed by atoms with E-state index in [0.717, 1.165) is 44.7 Å². The number of aliphatic imine (C=N–C) groups is 1. The second-order valence-electron chi connectivity index (χ2n) is 6.05. The summed E-state index contributed by atoms with van der Waals surface area (Å²) in [6, 6.07) is 10.8. The van der Waals surface area contributed by atoms with Gasteiger partial charge in [-0.1, -0.05) is 30.3 Å². The van der Waals surface area contributed by atoms with Crippen molar-refractivity contribution in [2.24, 2.45) is 10.9 Å². The molecule has 23 heavy (non-hydrogen) atoms. The summed E-state index contributed by atoms with van der Waals surface area (Å²) in [6.45, 7) is 9.45. The van der Waals surface area contributed by atoms with Crippen molar-refractivity contribution in [3.8, 4) is 0 Å². The van der Waals surface area contributed by atoms with E-state index in [1.807, 2.05) is 6.92 Å². The minimum absolute atomic E-state index is 0.704. The number of piperidine rings is 1. The van der Waals surface area contributed by atoms with Crippen LogP contribution in [0.15, 0.2) is 35.3 Å². The van der Waals surface area contributed by atoms with Crippen LogP contribution in [-0.2, 0) is 11.2 Å². The molecule has 0 amide bonds. The number of guanidine groups is 1. The van der Waals surface area contributed by atoms with Gasteiger partial charge in [-0.2, -0.15) is 0 Å². The zero-order chi connectivity index (χ0) is 16.3. The number of likely N-dealkylation sites (tertiary alicyclic amines) is 1. The maximum Gasteiger partial charge on any atom is 0.193 e. The third-order valence-electron chi connectivity index (χ3n) is 4.32. The molecule has 1 N–H and O–H groups in total. The van der Waals surface area contributed by atoms with Crippen molar-refractivity contribution in [3.05, 3.63) is 35.9 Å². The Morgan fingerprint density at radius 2 is 1.96 bits per heavy atom. The fraction of sp³-hybridized carbons (Fsp3) is 0.632. The van der Waals surface area contributed by atoms with Crippen LogP contribution in [0.5, 0.6) is 0 Å². The number of nitrogens with one attached hydrogen (secondary N) is 1. The molecule has 1 fully saturated rings. The monoisotopic (exact) mass is 317 g/mol. The topological polar surface area (TPSA) is 36.9 Å². The summed E-state index contributed by atoms with van der Waals surface area (Å²) in [5, 5.41) is 3.41. The first-order valence-electron chi connectivity index (χ1n) is 8.98. The van der Waals surface area contributed by atoms with Gasteiger partial charge in [0.05, 0.1) is 13.2 Å². The zero-order valence-electron chi connectivity index (χ0n) is 14.6. The van der Waals surface area contributed by atoms with Crippen LogP contribution in [-0.4, -0.2) is 50.3 Å². The fourth-order valence-corrected chi connectivity index (χ4v) is 3.08. The molecule has 4 heteroatoms. The van der Waals surface area contributed by atoms with Crippen LogP contribution in [0.25, 0.3) is 0 Å². The molecule has 1 aromatic rings. The van der Waals surface area contributed by atoms with Crippen molar-refractivity contribution in [1.82, 2.24) is 10.2 Å². The summed E-state index contributed by atoms with van der Waals surface area (Å²) in [6.07, 6.45) is 3.68. The smallest absolute Gasteiger partial charge is 0.193 e. The van der Waals surface area contributed by atoms with Crippen LogP contribution in [0.1, 0.15) is 32.3 Å². The molecule has 2 rings (SSSR count). The molecule has 0 radical (unpaired) electrons. The Morgan fingerprint density at radius 1 is 1.22 bits per heavy atom. The van der Waals surface area contributed by atoms with Gasteiger partial charge in [0.25, 0.3) is 0 Å². The van der Waals surface area contributed by atoms with Gasteiger partial charge >= 0.3 is 0 Å². The van der Waals surface area contributed by atoms with E-state index < -0.39 is 0 Å². The molecule has 1 aliphatic rings. The maximum atomic E-state index is 5.38. The number of rotatable bonds is 7. The van der Waals surface area contributed by atoms with Gasteiger partial charge in [-0.3, -0.25) is 4.99 Å². The van der Waals surface area contributed by atoms with Gasteiger partial charge in [-0.05, 0) is 44.6 Å². The molecule has 0 atom stereocenters. The molecule has 1 aromatic carbocycles. The molecule has 0 unspecified atom stereocenters. The summed E-state index contributed by atoms with van der Waals surface area (Å²) in [5.41, 5.74) is 1.46. The molecular weight excluding hydrogens is 286 g/mol. The van der Waals surface area contributed by atoms with E-state index in [0.29, 0.717) is 6.61 Å². The fourth-order valence-electron chi connectivity index (χ4n) is 3.08. The van der Waals surface area contributed by atoms with E-state index in [-0.39, 0.29) is 0 Å². The maximum absolute atomic E-state index is 5.38. The predicted molar refractivity (Wildman–Crippen MR) is 96.9 cm³/mol. The van der Waals surface area contributed by atoms with Gasteiger partial charge in [-0.15, -0.1) is 0 Å². The van der Waals surface area contributed by atoms with Crippen molar-refractivity contribution in [3.63, 3.8) is 0 Å². The number of nitrogens with zero attached hydrogens (tertiary/aromatic N) is 2. The molecule has 1 heterocycles. The quantitative estimate of drug-likeness (QED) is 0.477. The Kier molecular flexibility index (Phi) is 7.95. The average Bonchev–Trinajstić information content (AvgIpc) is 2.59. The molecule has 0 aliphatic carbocycles. The molecular formula is C19H31N3O. The lowest BCUT2D eigenvalue weighted by atomic mass is 9.90. The Balaban J connectivity index is 1.80. The van der Waals surface area contributed by atoms with Crippen LogP contribution >= 0.6 is 0 Å². The van der Waals surface area contributed by atoms with Gasteiger partial charge in [0.2, 0.25) is 0 Å². The summed E-state index contributed by atoms with van der Waals surface area (Å²) in [4.78, 5) is 7.09. The minimum atomic E-state index is 0.704. The van der Waals surface area contributed by atoms with E-state index in [1.54, 1.807) is 0 Å².